The monoisotopic (exact) mass is 361 g/mol. The number of carbonyl (C=O) groups excluding carboxylic acids is 3. The second-order valence-electron chi connectivity index (χ2n) is 6.63. The first-order valence-electron chi connectivity index (χ1n) is 9.19. The highest BCUT2D eigenvalue weighted by atomic mass is 16.5. The number of amides is 1. The van der Waals surface area contributed by atoms with Gasteiger partial charge in [0, 0.05) is 12.0 Å². The molecule has 2 unspecified atom stereocenters. The van der Waals surface area contributed by atoms with E-state index in [1.165, 1.54) is 4.90 Å². The number of benzene rings is 1. The summed E-state index contributed by atoms with van der Waals surface area (Å²) in [5.74, 6) is -0.330. The zero-order valence-corrected chi connectivity index (χ0v) is 16.1. The molecule has 142 valence electrons. The fourth-order valence-corrected chi connectivity index (χ4v) is 3.06. The average Bonchev–Trinajstić information content (AvgIpc) is 2.62. The maximum atomic E-state index is 13.1. The number of rotatable bonds is 7. The standard InChI is InChI=1S/C20H27NO5/c1-6-14(20(24)25-8-3)21-15-11-13(16(22)7-2)9-10-17(15)26-18(12(4)5)19(21)23/h9-12,14,18H,6-8H2,1-5H3. The highest BCUT2D eigenvalue weighted by molar-refractivity contribution is 6.06. The average molecular weight is 361 g/mol. The van der Waals surface area contributed by atoms with Crippen LogP contribution in [-0.2, 0) is 14.3 Å². The number of hydrogen-bond acceptors (Lipinski definition) is 5. The van der Waals surface area contributed by atoms with Gasteiger partial charge in [0.1, 0.15) is 11.8 Å². The Labute approximate surface area is 154 Å². The molecule has 1 amide bonds. The van der Waals surface area contributed by atoms with Gasteiger partial charge in [0.25, 0.3) is 5.91 Å². The summed E-state index contributed by atoms with van der Waals surface area (Å²) in [5.41, 5.74) is 0.945. The molecule has 0 aliphatic carbocycles. The second-order valence-corrected chi connectivity index (χ2v) is 6.63. The van der Waals surface area contributed by atoms with Crippen LogP contribution < -0.4 is 9.64 Å². The van der Waals surface area contributed by atoms with Crippen molar-refractivity contribution in [3.8, 4) is 5.75 Å². The maximum absolute atomic E-state index is 13.1. The molecule has 0 N–H and O–H groups in total. The van der Waals surface area contributed by atoms with E-state index in [9.17, 15) is 14.4 Å². The zero-order chi connectivity index (χ0) is 19.4. The van der Waals surface area contributed by atoms with Gasteiger partial charge in [-0.15, -0.1) is 0 Å². The molecule has 2 rings (SSSR count). The number of hydrogen-bond donors (Lipinski definition) is 0. The van der Waals surface area contributed by atoms with Crippen LogP contribution in [0.5, 0.6) is 5.75 Å². The summed E-state index contributed by atoms with van der Waals surface area (Å²) in [4.78, 5) is 39.1. The van der Waals surface area contributed by atoms with Gasteiger partial charge in [0.2, 0.25) is 0 Å². The van der Waals surface area contributed by atoms with E-state index in [0.717, 1.165) is 0 Å². The number of carbonyl (C=O) groups is 3. The Balaban J connectivity index is 2.57. The predicted molar refractivity (Wildman–Crippen MR) is 98.5 cm³/mol. The summed E-state index contributed by atoms with van der Waals surface area (Å²) < 4.78 is 11.0. The first kappa shape index (κ1) is 19.9. The third-order valence-electron chi connectivity index (χ3n) is 4.46. The number of esters is 1. The summed E-state index contributed by atoms with van der Waals surface area (Å²) >= 11 is 0. The first-order valence-corrected chi connectivity index (χ1v) is 9.19. The molecule has 1 aromatic rings. The third kappa shape index (κ3) is 3.74. The molecular weight excluding hydrogens is 334 g/mol. The van der Waals surface area contributed by atoms with E-state index in [1.54, 1.807) is 32.0 Å². The van der Waals surface area contributed by atoms with Gasteiger partial charge < -0.3 is 9.47 Å². The highest BCUT2D eigenvalue weighted by Crippen LogP contribution is 2.38. The molecule has 26 heavy (non-hydrogen) atoms. The molecule has 0 fully saturated rings. The lowest BCUT2D eigenvalue weighted by atomic mass is 9.99. The molecule has 1 aromatic carbocycles. The van der Waals surface area contributed by atoms with E-state index < -0.39 is 18.1 Å². The number of ether oxygens (including phenoxy) is 2. The predicted octanol–water partition coefficient (Wildman–Crippen LogP) is 3.37. The van der Waals surface area contributed by atoms with Crippen molar-refractivity contribution in [2.45, 2.75) is 59.6 Å². The minimum absolute atomic E-state index is 0.0321. The molecule has 6 nitrogen and oxygen atoms in total. The Morgan fingerprint density at radius 2 is 1.92 bits per heavy atom. The summed E-state index contributed by atoms with van der Waals surface area (Å²) in [6.45, 7) is 9.37. The fourth-order valence-electron chi connectivity index (χ4n) is 3.06. The quantitative estimate of drug-likeness (QED) is 0.550. The summed E-state index contributed by atoms with van der Waals surface area (Å²) in [6.07, 6.45) is 0.0802. The minimum atomic E-state index is -0.752. The Morgan fingerprint density at radius 3 is 2.46 bits per heavy atom. The molecule has 1 heterocycles. The van der Waals surface area contributed by atoms with E-state index in [1.807, 2.05) is 20.8 Å². The minimum Gasteiger partial charge on any atom is -0.478 e. The van der Waals surface area contributed by atoms with Crippen LogP contribution in [0, 0.1) is 5.92 Å². The van der Waals surface area contributed by atoms with Gasteiger partial charge in [-0.25, -0.2) is 4.79 Å². The molecule has 0 aromatic heterocycles. The highest BCUT2D eigenvalue weighted by Gasteiger charge is 2.42. The van der Waals surface area contributed by atoms with Gasteiger partial charge in [0.05, 0.1) is 12.3 Å². The lowest BCUT2D eigenvalue weighted by molar-refractivity contribution is -0.147. The van der Waals surface area contributed by atoms with Crippen LogP contribution >= 0.6 is 0 Å². The smallest absolute Gasteiger partial charge is 0.329 e. The lowest BCUT2D eigenvalue weighted by Gasteiger charge is -2.39. The summed E-state index contributed by atoms with van der Waals surface area (Å²) in [6, 6.07) is 4.28. The van der Waals surface area contributed by atoms with Crippen molar-refractivity contribution >= 4 is 23.3 Å². The van der Waals surface area contributed by atoms with Crippen molar-refractivity contribution in [2.75, 3.05) is 11.5 Å². The van der Waals surface area contributed by atoms with Gasteiger partial charge in [-0.3, -0.25) is 14.5 Å². The van der Waals surface area contributed by atoms with Gasteiger partial charge in [-0.05, 0) is 37.5 Å². The van der Waals surface area contributed by atoms with Crippen LogP contribution in [0.1, 0.15) is 57.8 Å². The normalized spacial score (nSPS) is 17.5. The molecular formula is C20H27NO5. The van der Waals surface area contributed by atoms with Crippen LogP contribution in [0.25, 0.3) is 0 Å². The van der Waals surface area contributed by atoms with Crippen LogP contribution in [-0.4, -0.2) is 36.4 Å². The van der Waals surface area contributed by atoms with Crippen molar-refractivity contribution in [3.05, 3.63) is 23.8 Å². The molecule has 0 radical (unpaired) electrons. The van der Waals surface area contributed by atoms with E-state index in [-0.39, 0.29) is 24.2 Å². The van der Waals surface area contributed by atoms with Gasteiger partial charge in [0.15, 0.2) is 11.9 Å². The number of nitrogens with zero attached hydrogens (tertiary/aromatic N) is 1. The molecule has 0 spiro atoms. The van der Waals surface area contributed by atoms with E-state index in [2.05, 4.69) is 0 Å². The van der Waals surface area contributed by atoms with Crippen molar-refractivity contribution in [2.24, 2.45) is 5.92 Å². The van der Waals surface area contributed by atoms with E-state index >= 15 is 0 Å². The van der Waals surface area contributed by atoms with Gasteiger partial charge in [-0.2, -0.15) is 0 Å². The number of ketones is 1. The fraction of sp³-hybridized carbons (Fsp3) is 0.550. The molecule has 6 heteroatoms. The summed E-state index contributed by atoms with van der Waals surface area (Å²) in [7, 11) is 0. The van der Waals surface area contributed by atoms with Crippen molar-refractivity contribution in [1.82, 2.24) is 0 Å². The molecule has 2 atom stereocenters. The molecule has 1 aliphatic heterocycles. The third-order valence-corrected chi connectivity index (χ3v) is 4.46. The molecule has 1 aliphatic rings. The SMILES string of the molecule is CCOC(=O)C(CC)N1C(=O)C(C(C)C)Oc2ccc(C(=O)CC)cc21. The lowest BCUT2D eigenvalue weighted by Crippen LogP contribution is -2.55. The van der Waals surface area contributed by atoms with Gasteiger partial charge in [-0.1, -0.05) is 27.7 Å². The zero-order valence-electron chi connectivity index (χ0n) is 16.1. The van der Waals surface area contributed by atoms with Crippen LogP contribution in [0.3, 0.4) is 0 Å². The van der Waals surface area contributed by atoms with Crippen LogP contribution in [0.15, 0.2) is 18.2 Å². The van der Waals surface area contributed by atoms with Gasteiger partial charge >= 0.3 is 5.97 Å². The Kier molecular flexibility index (Phi) is 6.40. The van der Waals surface area contributed by atoms with E-state index in [4.69, 9.17) is 9.47 Å². The number of fused-ring (bicyclic) bond motifs is 1. The van der Waals surface area contributed by atoms with Crippen molar-refractivity contribution in [1.29, 1.82) is 0 Å². The van der Waals surface area contributed by atoms with Crippen LogP contribution in [0.4, 0.5) is 5.69 Å². The largest absolute Gasteiger partial charge is 0.478 e. The summed E-state index contributed by atoms with van der Waals surface area (Å²) in [5, 5.41) is 0. The first-order chi connectivity index (χ1) is 12.3. The Morgan fingerprint density at radius 1 is 1.23 bits per heavy atom. The Bertz CT molecular complexity index is 697. The Hall–Kier alpha value is -2.37. The number of Topliss-reactive ketones (excluding diaryl/α,β-unsaturated/α-hetero) is 1. The van der Waals surface area contributed by atoms with Crippen LogP contribution in [0.2, 0.25) is 0 Å². The topological polar surface area (TPSA) is 72.9 Å². The second kappa shape index (κ2) is 8.34. The molecule has 0 bridgehead atoms. The van der Waals surface area contributed by atoms with E-state index in [0.29, 0.717) is 29.8 Å². The molecule has 0 saturated carbocycles. The van der Waals surface area contributed by atoms with Crippen molar-refractivity contribution < 1.29 is 23.9 Å². The van der Waals surface area contributed by atoms with Crippen molar-refractivity contribution in [3.63, 3.8) is 0 Å². The maximum Gasteiger partial charge on any atom is 0.329 e. The molecule has 0 saturated heterocycles. The number of anilines is 1.